The van der Waals surface area contributed by atoms with Crippen LogP contribution >= 0.6 is 0 Å². The molecule has 1 aromatic rings. The van der Waals surface area contributed by atoms with Gasteiger partial charge in [-0.3, -0.25) is 14.9 Å². The Morgan fingerprint density at radius 1 is 1.04 bits per heavy atom. The maximum Gasteiger partial charge on any atom is 0.413 e. The van der Waals surface area contributed by atoms with E-state index in [1.807, 2.05) is 70.7 Å². The second-order valence-electron chi connectivity index (χ2n) is 12.3. The number of allylic oxidation sites excluding steroid dienone is 7. The first-order chi connectivity index (χ1) is 21.3. The third-order valence-corrected chi connectivity index (χ3v) is 7.51. The standard InChI is InChI=1S/C37H53N3O5/c1-11-15-16-30(35(42)40-17-19-44-20-18-40)32(29(13-3)27(7)21-31(25(5)12-2)33(41)14-4)23-28-24-38-34(22-26(28)6)39-36(43)45-37(8,9)10/h13,16,21-24H,11-12,14-15,17-20H2,1-10H3,(H,38,39,43)/b27-21-,29-13+,30-16-,31-25-,32-23-. The van der Waals surface area contributed by atoms with Crippen molar-refractivity contribution in [2.45, 2.75) is 101 Å². The van der Waals surface area contributed by atoms with E-state index in [0.29, 0.717) is 49.7 Å². The van der Waals surface area contributed by atoms with Crippen molar-refractivity contribution in [3.05, 3.63) is 75.1 Å². The van der Waals surface area contributed by atoms with Crippen molar-refractivity contribution in [3.63, 3.8) is 0 Å². The fourth-order valence-corrected chi connectivity index (χ4v) is 4.90. The number of unbranched alkanes of at least 4 members (excludes halogenated alkanes) is 1. The molecule has 2 amide bonds. The van der Waals surface area contributed by atoms with Crippen LogP contribution in [-0.4, -0.2) is 59.6 Å². The molecule has 0 saturated carbocycles. The van der Waals surface area contributed by atoms with Crippen molar-refractivity contribution in [1.29, 1.82) is 0 Å². The number of hydrogen-bond donors (Lipinski definition) is 1. The molecule has 1 aliphatic rings. The van der Waals surface area contributed by atoms with Gasteiger partial charge >= 0.3 is 6.09 Å². The van der Waals surface area contributed by atoms with Crippen LogP contribution in [0.15, 0.2) is 63.9 Å². The minimum atomic E-state index is -0.633. The summed E-state index contributed by atoms with van der Waals surface area (Å²) in [6.45, 7) is 21.3. The zero-order valence-corrected chi connectivity index (χ0v) is 29.1. The summed E-state index contributed by atoms with van der Waals surface area (Å²) in [6, 6.07) is 1.79. The molecule has 8 nitrogen and oxygen atoms in total. The minimum absolute atomic E-state index is 0.0517. The topological polar surface area (TPSA) is 97.8 Å². The number of carbonyl (C=O) groups is 3. The Bertz CT molecular complexity index is 1380. The molecule has 1 saturated heterocycles. The highest BCUT2D eigenvalue weighted by Crippen LogP contribution is 2.32. The molecule has 0 unspecified atom stereocenters. The van der Waals surface area contributed by atoms with Crippen molar-refractivity contribution in [2.75, 3.05) is 31.6 Å². The number of ketones is 1. The summed E-state index contributed by atoms with van der Waals surface area (Å²) in [5.41, 5.74) is 5.88. The van der Waals surface area contributed by atoms with E-state index in [1.54, 1.807) is 33.0 Å². The Kier molecular flexibility index (Phi) is 14.7. The van der Waals surface area contributed by atoms with Gasteiger partial charge in [-0.15, -0.1) is 0 Å². The normalized spacial score (nSPS) is 15.9. The van der Waals surface area contributed by atoms with Gasteiger partial charge in [-0.25, -0.2) is 9.78 Å². The molecule has 1 aliphatic heterocycles. The number of rotatable bonds is 12. The smallest absolute Gasteiger partial charge is 0.413 e. The number of pyridine rings is 1. The highest BCUT2D eigenvalue weighted by Gasteiger charge is 2.26. The van der Waals surface area contributed by atoms with Crippen LogP contribution in [0.2, 0.25) is 0 Å². The molecular weight excluding hydrogens is 566 g/mol. The van der Waals surface area contributed by atoms with Gasteiger partial charge in [0, 0.05) is 36.9 Å². The number of carbonyl (C=O) groups excluding carboxylic acids is 3. The van der Waals surface area contributed by atoms with Crippen molar-refractivity contribution in [1.82, 2.24) is 9.88 Å². The first-order valence-electron chi connectivity index (χ1n) is 16.1. The van der Waals surface area contributed by atoms with E-state index in [-0.39, 0.29) is 11.7 Å². The number of aromatic nitrogens is 1. The molecule has 1 fully saturated rings. The molecule has 0 spiro atoms. The van der Waals surface area contributed by atoms with E-state index in [2.05, 4.69) is 17.2 Å². The lowest BCUT2D eigenvalue weighted by molar-refractivity contribution is -0.130. The summed E-state index contributed by atoms with van der Waals surface area (Å²) in [6.07, 6.45) is 11.9. The van der Waals surface area contributed by atoms with Crippen LogP contribution in [0.4, 0.5) is 10.6 Å². The molecule has 2 rings (SSSR count). The Hall–Kier alpha value is -3.78. The largest absolute Gasteiger partial charge is 0.444 e. The Morgan fingerprint density at radius 2 is 1.71 bits per heavy atom. The number of anilines is 1. The van der Waals surface area contributed by atoms with E-state index in [0.717, 1.165) is 52.7 Å². The van der Waals surface area contributed by atoms with E-state index in [9.17, 15) is 14.4 Å². The van der Waals surface area contributed by atoms with Crippen molar-refractivity contribution in [3.8, 4) is 0 Å². The zero-order chi connectivity index (χ0) is 33.7. The Morgan fingerprint density at radius 3 is 2.24 bits per heavy atom. The summed E-state index contributed by atoms with van der Waals surface area (Å²) in [5, 5.41) is 2.70. The monoisotopic (exact) mass is 619 g/mol. The minimum Gasteiger partial charge on any atom is -0.444 e. The summed E-state index contributed by atoms with van der Waals surface area (Å²) in [5.74, 6) is 0.412. The van der Waals surface area contributed by atoms with Crippen molar-refractivity contribution >= 4 is 29.7 Å². The highest BCUT2D eigenvalue weighted by atomic mass is 16.6. The lowest BCUT2D eigenvalue weighted by atomic mass is 9.87. The van der Waals surface area contributed by atoms with E-state index in [4.69, 9.17) is 9.47 Å². The fourth-order valence-electron chi connectivity index (χ4n) is 4.90. The maximum absolute atomic E-state index is 14.2. The molecule has 0 radical (unpaired) electrons. The van der Waals surface area contributed by atoms with E-state index in [1.165, 1.54) is 0 Å². The Labute approximate surface area is 270 Å². The third kappa shape index (κ3) is 11.3. The number of Topliss-reactive ketones (excluding diaryl/α,β-unsaturated/α-hetero) is 1. The number of hydrogen-bond acceptors (Lipinski definition) is 6. The van der Waals surface area contributed by atoms with Gasteiger partial charge in [-0.05, 0) is 107 Å². The number of amides is 2. The van der Waals surface area contributed by atoms with Gasteiger partial charge < -0.3 is 14.4 Å². The highest BCUT2D eigenvalue weighted by molar-refractivity contribution is 6.02. The lowest BCUT2D eigenvalue weighted by Crippen LogP contribution is -2.41. The lowest BCUT2D eigenvalue weighted by Gasteiger charge is -2.29. The van der Waals surface area contributed by atoms with Gasteiger partial charge in [0.2, 0.25) is 0 Å². The number of morpholine rings is 1. The predicted octanol–water partition coefficient (Wildman–Crippen LogP) is 8.30. The first-order valence-corrected chi connectivity index (χ1v) is 16.1. The predicted molar refractivity (Wildman–Crippen MR) is 183 cm³/mol. The molecule has 0 atom stereocenters. The molecule has 1 aromatic heterocycles. The van der Waals surface area contributed by atoms with Crippen LogP contribution in [0.5, 0.6) is 0 Å². The molecule has 0 aliphatic carbocycles. The summed E-state index contributed by atoms with van der Waals surface area (Å²) in [7, 11) is 0. The van der Waals surface area contributed by atoms with Gasteiger partial charge in [0.25, 0.3) is 5.91 Å². The van der Waals surface area contributed by atoms with Gasteiger partial charge in [0.05, 0.1) is 13.2 Å². The molecular formula is C37H53N3O5. The molecule has 0 bridgehead atoms. The van der Waals surface area contributed by atoms with Crippen LogP contribution in [0.25, 0.3) is 6.08 Å². The van der Waals surface area contributed by atoms with Crippen LogP contribution in [-0.2, 0) is 19.1 Å². The van der Waals surface area contributed by atoms with Crippen LogP contribution in [0.3, 0.4) is 0 Å². The number of nitrogens with one attached hydrogen (secondary N) is 1. The second-order valence-corrected chi connectivity index (χ2v) is 12.3. The quantitative estimate of drug-likeness (QED) is 0.187. The van der Waals surface area contributed by atoms with Gasteiger partial charge in [0.1, 0.15) is 11.4 Å². The van der Waals surface area contributed by atoms with Crippen LogP contribution in [0, 0.1) is 6.92 Å². The average Bonchev–Trinajstić information content (AvgIpc) is 2.99. The first kappa shape index (κ1) is 37.4. The van der Waals surface area contributed by atoms with Crippen molar-refractivity contribution < 1.29 is 23.9 Å². The Balaban J connectivity index is 2.76. The molecule has 0 aromatic carbocycles. The third-order valence-electron chi connectivity index (χ3n) is 7.51. The number of ether oxygens (including phenoxy) is 2. The number of aryl methyl sites for hydroxylation is 1. The van der Waals surface area contributed by atoms with Crippen LogP contribution < -0.4 is 5.32 Å². The molecule has 8 heteroatoms. The van der Waals surface area contributed by atoms with Gasteiger partial charge in [-0.2, -0.15) is 0 Å². The summed E-state index contributed by atoms with van der Waals surface area (Å²) >= 11 is 0. The zero-order valence-electron chi connectivity index (χ0n) is 29.1. The molecule has 1 N–H and O–H groups in total. The second kappa shape index (κ2) is 17.6. The maximum atomic E-state index is 14.2. The van der Waals surface area contributed by atoms with E-state index >= 15 is 0 Å². The fraction of sp³-hybridized carbons (Fsp3) is 0.514. The van der Waals surface area contributed by atoms with E-state index < -0.39 is 11.7 Å². The van der Waals surface area contributed by atoms with Gasteiger partial charge in [-0.1, -0.05) is 44.9 Å². The molecule has 246 valence electrons. The van der Waals surface area contributed by atoms with Crippen molar-refractivity contribution in [2.24, 2.45) is 0 Å². The summed E-state index contributed by atoms with van der Waals surface area (Å²) in [4.78, 5) is 45.8. The van der Waals surface area contributed by atoms with Crippen LogP contribution in [0.1, 0.15) is 99.1 Å². The average molecular weight is 620 g/mol. The number of nitrogens with zero attached hydrogens (tertiary/aromatic N) is 2. The van der Waals surface area contributed by atoms with Gasteiger partial charge in [0.15, 0.2) is 5.78 Å². The SMILES string of the molecule is C/C=C(C(\C)=C/C(C(=O)CC)=C(\C)CC)/C(=C/c1cnc(NC(=O)OC(C)(C)C)cc1C)C(=C/CCC)/C(=O)N1CCOCC1. The summed E-state index contributed by atoms with van der Waals surface area (Å²) < 4.78 is 10.9. The molecule has 2 heterocycles. The molecule has 45 heavy (non-hydrogen) atoms.